The van der Waals surface area contributed by atoms with Gasteiger partial charge in [-0.1, -0.05) is 0 Å². The molecule has 3 N–H and O–H groups in total. The zero-order valence-electron chi connectivity index (χ0n) is 12.0. The van der Waals surface area contributed by atoms with Crippen LogP contribution in [0.2, 0.25) is 0 Å². The van der Waals surface area contributed by atoms with Gasteiger partial charge in [-0.3, -0.25) is 0 Å². The largest absolute Gasteiger partial charge is 0.504 e. The topological polar surface area (TPSA) is 64.7 Å². The van der Waals surface area contributed by atoms with Gasteiger partial charge in [-0.15, -0.1) is 0 Å². The molecular formula is C16H21NO3. The van der Waals surface area contributed by atoms with E-state index in [2.05, 4.69) is 0 Å². The zero-order chi connectivity index (χ0) is 14.3. The highest BCUT2D eigenvalue weighted by molar-refractivity contribution is 5.81. The van der Waals surface area contributed by atoms with Crippen LogP contribution < -0.4 is 15.2 Å². The number of ether oxygens (including phenoxy) is 2. The van der Waals surface area contributed by atoms with Crippen molar-refractivity contribution in [1.82, 2.24) is 0 Å². The molecule has 0 radical (unpaired) electrons. The third-order valence-electron chi connectivity index (χ3n) is 4.46. The Morgan fingerprint density at radius 3 is 2.70 bits per heavy atom. The molecule has 0 aromatic heterocycles. The molecule has 0 fully saturated rings. The molecule has 1 unspecified atom stereocenters. The van der Waals surface area contributed by atoms with Gasteiger partial charge in [0, 0.05) is 11.6 Å². The van der Waals surface area contributed by atoms with Gasteiger partial charge in [0.15, 0.2) is 11.5 Å². The van der Waals surface area contributed by atoms with Crippen LogP contribution >= 0.6 is 0 Å². The fourth-order valence-electron chi connectivity index (χ4n) is 3.51. The molecule has 0 spiro atoms. The number of hydrogen-bond acceptors (Lipinski definition) is 4. The number of phenols is 1. The van der Waals surface area contributed by atoms with E-state index in [0.717, 1.165) is 43.2 Å². The molecule has 4 nitrogen and oxygen atoms in total. The van der Waals surface area contributed by atoms with Crippen molar-refractivity contribution in [2.45, 2.75) is 38.1 Å². The quantitative estimate of drug-likeness (QED) is 0.871. The van der Waals surface area contributed by atoms with Gasteiger partial charge in [0.2, 0.25) is 5.75 Å². The predicted octanol–water partition coefficient (Wildman–Crippen LogP) is 2.62. The van der Waals surface area contributed by atoms with E-state index >= 15 is 0 Å². The Labute approximate surface area is 119 Å². The second-order valence-corrected chi connectivity index (χ2v) is 5.50. The highest BCUT2D eigenvalue weighted by Gasteiger charge is 2.30. The van der Waals surface area contributed by atoms with E-state index in [0.29, 0.717) is 11.5 Å². The number of benzene rings is 1. The molecule has 2 aliphatic rings. The molecule has 0 saturated heterocycles. The molecule has 20 heavy (non-hydrogen) atoms. The minimum absolute atomic E-state index is 0.108. The summed E-state index contributed by atoms with van der Waals surface area (Å²) >= 11 is 0. The number of hydrogen-bond donors (Lipinski definition) is 2. The van der Waals surface area contributed by atoms with Crippen molar-refractivity contribution in [3.63, 3.8) is 0 Å². The number of phenolic OH excluding ortho intramolecular Hbond substituents is 1. The fraction of sp³-hybridized carbons (Fsp3) is 0.500. The minimum atomic E-state index is 0.108. The number of aromatic hydroxyl groups is 1. The Balaban J connectivity index is 2.25. The lowest BCUT2D eigenvalue weighted by Gasteiger charge is -2.17. The van der Waals surface area contributed by atoms with Crippen LogP contribution in [0.3, 0.4) is 0 Å². The highest BCUT2D eigenvalue weighted by atomic mass is 16.5. The fourth-order valence-corrected chi connectivity index (χ4v) is 3.51. The van der Waals surface area contributed by atoms with E-state index in [9.17, 15) is 5.11 Å². The van der Waals surface area contributed by atoms with E-state index in [1.807, 2.05) is 6.07 Å². The van der Waals surface area contributed by atoms with Crippen molar-refractivity contribution in [2.75, 3.05) is 14.2 Å². The normalized spacial score (nSPS) is 21.2. The summed E-state index contributed by atoms with van der Waals surface area (Å²) in [6, 6.07) is 2.09. The number of aryl methyl sites for hydroxylation is 1. The van der Waals surface area contributed by atoms with Gasteiger partial charge >= 0.3 is 0 Å². The number of rotatable bonds is 2. The molecule has 0 heterocycles. The molecular weight excluding hydrogens is 254 g/mol. The van der Waals surface area contributed by atoms with Crippen molar-refractivity contribution < 1.29 is 14.6 Å². The first-order valence-electron chi connectivity index (χ1n) is 7.12. The second-order valence-electron chi connectivity index (χ2n) is 5.50. The molecule has 3 rings (SSSR count). The van der Waals surface area contributed by atoms with Crippen molar-refractivity contribution >= 4 is 5.57 Å². The third kappa shape index (κ3) is 1.86. The maximum Gasteiger partial charge on any atom is 0.203 e. The standard InChI is InChI=1S/C16H21NO3/c1-19-13-8-9-6-7-12(17)10-4-3-5-11(10)14(9)15(18)16(13)20-2/h8,12,18H,3-7,17H2,1-2H3. The lowest BCUT2D eigenvalue weighted by molar-refractivity contribution is 0.332. The average molecular weight is 275 g/mol. The smallest absolute Gasteiger partial charge is 0.203 e. The number of methoxy groups -OCH3 is 2. The minimum Gasteiger partial charge on any atom is -0.504 e. The Kier molecular flexibility index (Phi) is 3.34. The van der Waals surface area contributed by atoms with Crippen LogP contribution in [-0.2, 0) is 6.42 Å². The third-order valence-corrected chi connectivity index (χ3v) is 4.46. The Hall–Kier alpha value is -1.68. The summed E-state index contributed by atoms with van der Waals surface area (Å²) in [4.78, 5) is 0. The molecule has 1 aromatic carbocycles. The van der Waals surface area contributed by atoms with Gasteiger partial charge in [0.05, 0.1) is 14.2 Å². The van der Waals surface area contributed by atoms with Crippen LogP contribution in [0.5, 0.6) is 17.2 Å². The van der Waals surface area contributed by atoms with E-state index in [1.54, 1.807) is 14.2 Å². The van der Waals surface area contributed by atoms with Crippen LogP contribution in [0, 0.1) is 0 Å². The molecule has 0 aliphatic heterocycles. The van der Waals surface area contributed by atoms with Gasteiger partial charge in [-0.25, -0.2) is 0 Å². The Bertz CT molecular complexity index is 578. The van der Waals surface area contributed by atoms with Gasteiger partial charge in [-0.2, -0.15) is 0 Å². The zero-order valence-corrected chi connectivity index (χ0v) is 12.0. The Morgan fingerprint density at radius 1 is 1.20 bits per heavy atom. The van der Waals surface area contributed by atoms with E-state index in [-0.39, 0.29) is 11.8 Å². The molecule has 4 heteroatoms. The SMILES string of the molecule is COc1cc2c(c(O)c1OC)C1=C(CCC1)C(N)CC2. The number of fused-ring (bicyclic) bond motifs is 2. The summed E-state index contributed by atoms with van der Waals surface area (Å²) in [7, 11) is 3.14. The van der Waals surface area contributed by atoms with Gasteiger partial charge in [-0.05, 0) is 54.9 Å². The Morgan fingerprint density at radius 2 is 2.00 bits per heavy atom. The van der Waals surface area contributed by atoms with Crippen LogP contribution in [0.25, 0.3) is 5.57 Å². The molecule has 108 valence electrons. The molecule has 0 bridgehead atoms. The van der Waals surface area contributed by atoms with Crippen LogP contribution in [-0.4, -0.2) is 25.4 Å². The lowest BCUT2D eigenvalue weighted by atomic mass is 9.95. The second kappa shape index (κ2) is 5.02. The molecule has 2 aliphatic carbocycles. The lowest BCUT2D eigenvalue weighted by Crippen LogP contribution is -2.22. The number of allylic oxidation sites excluding steroid dienone is 1. The van der Waals surface area contributed by atoms with Crippen molar-refractivity contribution in [3.8, 4) is 17.2 Å². The summed E-state index contributed by atoms with van der Waals surface area (Å²) in [6.07, 6.45) is 4.92. The monoisotopic (exact) mass is 275 g/mol. The van der Waals surface area contributed by atoms with Gasteiger partial charge in [0.25, 0.3) is 0 Å². The van der Waals surface area contributed by atoms with Crippen molar-refractivity contribution in [3.05, 3.63) is 22.8 Å². The summed E-state index contributed by atoms with van der Waals surface area (Å²) in [5.41, 5.74) is 10.9. The summed E-state index contributed by atoms with van der Waals surface area (Å²) in [5.74, 6) is 1.20. The molecule has 0 saturated carbocycles. The van der Waals surface area contributed by atoms with Crippen LogP contribution in [0.15, 0.2) is 11.6 Å². The molecule has 0 amide bonds. The highest BCUT2D eigenvalue weighted by Crippen LogP contribution is 2.49. The van der Waals surface area contributed by atoms with Crippen molar-refractivity contribution in [1.29, 1.82) is 0 Å². The van der Waals surface area contributed by atoms with E-state index < -0.39 is 0 Å². The summed E-state index contributed by atoms with van der Waals surface area (Å²) in [5, 5.41) is 10.6. The first-order chi connectivity index (χ1) is 9.67. The first kappa shape index (κ1) is 13.3. The predicted molar refractivity (Wildman–Crippen MR) is 78.3 cm³/mol. The summed E-state index contributed by atoms with van der Waals surface area (Å²) < 4.78 is 10.7. The maximum absolute atomic E-state index is 10.6. The summed E-state index contributed by atoms with van der Waals surface area (Å²) in [6.45, 7) is 0. The van der Waals surface area contributed by atoms with E-state index in [4.69, 9.17) is 15.2 Å². The van der Waals surface area contributed by atoms with Gasteiger partial charge in [0.1, 0.15) is 0 Å². The number of nitrogens with two attached hydrogens (primary N) is 1. The first-order valence-corrected chi connectivity index (χ1v) is 7.12. The van der Waals surface area contributed by atoms with Crippen molar-refractivity contribution in [2.24, 2.45) is 5.73 Å². The average Bonchev–Trinajstić information content (AvgIpc) is 2.88. The van der Waals surface area contributed by atoms with E-state index in [1.165, 1.54) is 11.1 Å². The molecule has 1 atom stereocenters. The van der Waals surface area contributed by atoms with Crippen LogP contribution in [0.4, 0.5) is 0 Å². The van der Waals surface area contributed by atoms with Crippen LogP contribution in [0.1, 0.15) is 36.8 Å². The maximum atomic E-state index is 10.6. The molecule has 1 aromatic rings. The van der Waals surface area contributed by atoms with Gasteiger partial charge < -0.3 is 20.3 Å².